The SMILES string of the molecule is [Cl-].[Cl-].[Zr+2][CH]1C=Cc2c1cccc2-n1cccc1. The molecule has 85 valence electrons. The Bertz CT molecular complexity index is 520. The summed E-state index contributed by atoms with van der Waals surface area (Å²) in [6, 6.07) is 10.7. The van der Waals surface area contributed by atoms with Crippen molar-refractivity contribution in [1.82, 2.24) is 4.57 Å². The van der Waals surface area contributed by atoms with Crippen molar-refractivity contribution in [3.05, 3.63) is 59.9 Å². The molecule has 3 rings (SSSR count). The molecule has 0 bridgehead atoms. The summed E-state index contributed by atoms with van der Waals surface area (Å²) in [5, 5.41) is 0. The number of hydrogen-bond donors (Lipinski definition) is 0. The van der Waals surface area contributed by atoms with E-state index in [1.54, 1.807) is 24.7 Å². The summed E-state index contributed by atoms with van der Waals surface area (Å²) < 4.78 is 2.82. The van der Waals surface area contributed by atoms with Gasteiger partial charge in [-0.05, 0) is 0 Å². The molecule has 0 amide bonds. The van der Waals surface area contributed by atoms with E-state index in [0.717, 1.165) is 0 Å². The molecule has 1 aliphatic carbocycles. The fraction of sp³-hybridized carbons (Fsp3) is 0.0769. The van der Waals surface area contributed by atoms with Crippen LogP contribution < -0.4 is 24.8 Å². The van der Waals surface area contributed by atoms with Crippen LogP contribution in [0.2, 0.25) is 0 Å². The molecule has 1 heterocycles. The van der Waals surface area contributed by atoms with Gasteiger partial charge in [-0.1, -0.05) is 0 Å². The first kappa shape index (κ1) is 14.8. The average Bonchev–Trinajstić information content (AvgIpc) is 2.88. The van der Waals surface area contributed by atoms with Crippen molar-refractivity contribution >= 4 is 6.08 Å². The number of fused-ring (bicyclic) bond motifs is 1. The van der Waals surface area contributed by atoms with Gasteiger partial charge in [0.05, 0.1) is 0 Å². The zero-order chi connectivity index (χ0) is 10.3. The number of benzene rings is 1. The van der Waals surface area contributed by atoms with Crippen molar-refractivity contribution in [3.8, 4) is 5.69 Å². The van der Waals surface area contributed by atoms with Crippen LogP contribution in [0, 0.1) is 0 Å². The molecule has 17 heavy (non-hydrogen) atoms. The van der Waals surface area contributed by atoms with Gasteiger partial charge in [-0.2, -0.15) is 0 Å². The van der Waals surface area contributed by atoms with E-state index in [4.69, 9.17) is 0 Å². The molecule has 4 heteroatoms. The van der Waals surface area contributed by atoms with Crippen molar-refractivity contribution in [3.63, 3.8) is 0 Å². The van der Waals surface area contributed by atoms with Gasteiger partial charge in [-0.25, -0.2) is 0 Å². The molecule has 0 spiro atoms. The molecular formula is C13H10Cl2NZr. The van der Waals surface area contributed by atoms with Crippen molar-refractivity contribution in [1.29, 1.82) is 0 Å². The predicted octanol–water partition coefficient (Wildman–Crippen LogP) is -2.90. The number of nitrogens with zero attached hydrogens (tertiary/aromatic N) is 1. The Morgan fingerprint density at radius 1 is 1.00 bits per heavy atom. The first-order chi connectivity index (χ1) is 7.36. The van der Waals surface area contributed by atoms with Gasteiger partial charge in [0.15, 0.2) is 0 Å². The summed E-state index contributed by atoms with van der Waals surface area (Å²) in [6.07, 6.45) is 8.75. The molecule has 0 N–H and O–H groups in total. The molecule has 0 aliphatic heterocycles. The predicted molar refractivity (Wildman–Crippen MR) is 57.5 cm³/mol. The number of aromatic nitrogens is 1. The monoisotopic (exact) mass is 340 g/mol. The summed E-state index contributed by atoms with van der Waals surface area (Å²) in [5.74, 6) is 0. The number of hydrogen-bond acceptors (Lipinski definition) is 0. The Morgan fingerprint density at radius 2 is 1.71 bits per heavy atom. The summed E-state index contributed by atoms with van der Waals surface area (Å²) in [6.45, 7) is 0. The molecule has 1 atom stereocenters. The Kier molecular flexibility index (Phi) is 5.25. The zero-order valence-electron chi connectivity index (χ0n) is 8.98. The fourth-order valence-electron chi connectivity index (χ4n) is 2.04. The van der Waals surface area contributed by atoms with E-state index >= 15 is 0 Å². The molecule has 0 radical (unpaired) electrons. The fourth-order valence-corrected chi connectivity index (χ4v) is 2.89. The van der Waals surface area contributed by atoms with Crippen LogP contribution in [0.5, 0.6) is 0 Å². The second kappa shape index (κ2) is 6.04. The maximum absolute atomic E-state index is 2.30. The second-order valence-corrected chi connectivity index (χ2v) is 5.24. The molecule has 0 saturated heterocycles. The quantitative estimate of drug-likeness (QED) is 0.524. The van der Waals surface area contributed by atoms with Crippen LogP contribution >= 0.6 is 0 Å². The van der Waals surface area contributed by atoms with Crippen molar-refractivity contribution in [2.24, 2.45) is 0 Å². The summed E-state index contributed by atoms with van der Waals surface area (Å²) >= 11 is 1.57. The average molecular weight is 342 g/mol. The van der Waals surface area contributed by atoms with E-state index < -0.39 is 0 Å². The first-order valence-corrected chi connectivity index (χ1v) is 6.44. The van der Waals surface area contributed by atoms with E-state index in [9.17, 15) is 0 Å². The number of allylic oxidation sites excluding steroid dienone is 1. The summed E-state index contributed by atoms with van der Waals surface area (Å²) in [4.78, 5) is 0. The Balaban J connectivity index is 0.000000722. The molecule has 0 fully saturated rings. The summed E-state index contributed by atoms with van der Waals surface area (Å²) in [5.41, 5.74) is 4.15. The molecule has 1 aromatic heterocycles. The Morgan fingerprint density at radius 3 is 2.41 bits per heavy atom. The normalized spacial score (nSPS) is 16.0. The number of halogens is 2. The molecule has 1 unspecified atom stereocenters. The van der Waals surface area contributed by atoms with Gasteiger partial charge in [-0.15, -0.1) is 0 Å². The van der Waals surface area contributed by atoms with Crippen LogP contribution in [0.15, 0.2) is 48.8 Å². The van der Waals surface area contributed by atoms with Gasteiger partial charge in [-0.3, -0.25) is 0 Å². The molecule has 0 saturated carbocycles. The topological polar surface area (TPSA) is 4.93 Å². The minimum atomic E-state index is 0. The van der Waals surface area contributed by atoms with Crippen LogP contribution in [0.3, 0.4) is 0 Å². The van der Waals surface area contributed by atoms with Crippen LogP contribution in [-0.4, -0.2) is 4.57 Å². The first-order valence-electron chi connectivity index (χ1n) is 5.02. The minimum absolute atomic E-state index is 0. The van der Waals surface area contributed by atoms with Gasteiger partial charge in [0.2, 0.25) is 0 Å². The molecular weight excluding hydrogens is 332 g/mol. The molecule has 1 aliphatic rings. The Hall–Kier alpha value is -0.297. The van der Waals surface area contributed by atoms with Gasteiger partial charge in [0.1, 0.15) is 0 Å². The number of rotatable bonds is 1. The van der Waals surface area contributed by atoms with Gasteiger partial charge < -0.3 is 24.8 Å². The van der Waals surface area contributed by atoms with Gasteiger partial charge >= 0.3 is 105 Å². The van der Waals surface area contributed by atoms with Crippen molar-refractivity contribution in [2.75, 3.05) is 0 Å². The van der Waals surface area contributed by atoms with Crippen LogP contribution in [0.1, 0.15) is 14.8 Å². The third-order valence-electron chi connectivity index (χ3n) is 2.79. The Labute approximate surface area is 129 Å². The van der Waals surface area contributed by atoms with E-state index in [0.29, 0.717) is 3.63 Å². The van der Waals surface area contributed by atoms with E-state index in [1.807, 2.05) is 0 Å². The standard InChI is InChI=1S/C13H10N.2ClH.Zr/c1-2-10-14(9-1)13-8-4-6-11-5-3-7-12(11)13;;;/h1-10H;2*1H;/q;;;+2/p-2. The zero-order valence-corrected chi connectivity index (χ0v) is 12.9. The molecule has 2 aromatic rings. The van der Waals surface area contributed by atoms with Crippen molar-refractivity contribution in [2.45, 2.75) is 3.63 Å². The van der Waals surface area contributed by atoms with E-state index in [-0.39, 0.29) is 24.8 Å². The molecule has 1 nitrogen and oxygen atoms in total. The third kappa shape index (κ3) is 2.60. The maximum atomic E-state index is 2.30. The molecule has 1 aromatic carbocycles. The van der Waals surface area contributed by atoms with Gasteiger partial charge in [0, 0.05) is 0 Å². The second-order valence-electron chi connectivity index (χ2n) is 3.71. The van der Waals surface area contributed by atoms with Gasteiger partial charge in [0.25, 0.3) is 0 Å². The van der Waals surface area contributed by atoms with Crippen molar-refractivity contribution < 1.29 is 49.5 Å². The third-order valence-corrected chi connectivity index (χ3v) is 4.03. The van der Waals surface area contributed by atoms with Crippen LogP contribution in [0.25, 0.3) is 11.8 Å². The van der Waals surface area contributed by atoms with E-state index in [1.165, 1.54) is 16.8 Å². The van der Waals surface area contributed by atoms with Crippen LogP contribution in [-0.2, 0) is 24.7 Å². The van der Waals surface area contributed by atoms with Crippen LogP contribution in [0.4, 0.5) is 0 Å². The van der Waals surface area contributed by atoms with E-state index in [2.05, 4.69) is 59.4 Å². The summed E-state index contributed by atoms with van der Waals surface area (Å²) in [7, 11) is 0.